The second-order valence-electron chi connectivity index (χ2n) is 5.69. The summed E-state index contributed by atoms with van der Waals surface area (Å²) in [7, 11) is 0. The fourth-order valence-corrected chi connectivity index (χ4v) is 3.94. The second kappa shape index (κ2) is 7.57. The van der Waals surface area contributed by atoms with Crippen molar-refractivity contribution < 1.29 is 0 Å². The Labute approximate surface area is 144 Å². The predicted octanol–water partition coefficient (Wildman–Crippen LogP) is 6.26. The lowest BCUT2D eigenvalue weighted by Crippen LogP contribution is -2.28. The molecule has 0 radical (unpaired) electrons. The maximum Gasteiger partial charge on any atom is 0.0348 e. The molecule has 2 aromatic rings. The van der Waals surface area contributed by atoms with Gasteiger partial charge in [-0.2, -0.15) is 0 Å². The fourth-order valence-electron chi connectivity index (χ4n) is 2.55. The Bertz CT molecular complexity index is 581. The van der Waals surface area contributed by atoms with Crippen LogP contribution in [0.4, 0.5) is 0 Å². The topological polar surface area (TPSA) is 12.0 Å². The molecule has 0 aromatic heterocycles. The standard InChI is InChI=1S/C18H21Br2N/c1-12(2)18(14-7-5-4-6-8-14)21-13(3)16-10-9-15(19)11-17(16)20/h4-13,18,21H,1-3H3. The molecule has 2 unspecified atom stereocenters. The Morgan fingerprint density at radius 2 is 1.57 bits per heavy atom. The van der Waals surface area contributed by atoms with Crippen molar-refractivity contribution in [3.05, 3.63) is 68.6 Å². The number of halogens is 2. The molecule has 0 saturated carbocycles. The molecular formula is C18H21Br2N. The van der Waals surface area contributed by atoms with Gasteiger partial charge in [0.05, 0.1) is 0 Å². The third-order valence-electron chi connectivity index (χ3n) is 3.68. The highest BCUT2D eigenvalue weighted by Gasteiger charge is 2.19. The maximum absolute atomic E-state index is 3.76. The molecule has 3 heteroatoms. The molecule has 2 atom stereocenters. The van der Waals surface area contributed by atoms with Crippen LogP contribution in [0.15, 0.2) is 57.5 Å². The monoisotopic (exact) mass is 409 g/mol. The van der Waals surface area contributed by atoms with E-state index in [1.165, 1.54) is 11.1 Å². The Morgan fingerprint density at radius 1 is 0.905 bits per heavy atom. The van der Waals surface area contributed by atoms with Crippen LogP contribution < -0.4 is 5.32 Å². The van der Waals surface area contributed by atoms with Gasteiger partial charge in [-0.05, 0) is 36.1 Å². The number of hydrogen-bond acceptors (Lipinski definition) is 1. The Hall–Kier alpha value is -0.640. The molecule has 21 heavy (non-hydrogen) atoms. The first-order valence-corrected chi connectivity index (χ1v) is 8.83. The lowest BCUT2D eigenvalue weighted by molar-refractivity contribution is 0.374. The molecule has 0 fully saturated rings. The van der Waals surface area contributed by atoms with Crippen LogP contribution in [-0.2, 0) is 0 Å². The zero-order valence-electron chi connectivity index (χ0n) is 12.6. The normalized spacial score (nSPS) is 14.2. The molecule has 0 aliphatic rings. The van der Waals surface area contributed by atoms with Gasteiger partial charge in [0.1, 0.15) is 0 Å². The van der Waals surface area contributed by atoms with Crippen LogP contribution >= 0.6 is 31.9 Å². The van der Waals surface area contributed by atoms with Crippen molar-refractivity contribution in [2.24, 2.45) is 5.92 Å². The van der Waals surface area contributed by atoms with E-state index in [-0.39, 0.29) is 6.04 Å². The van der Waals surface area contributed by atoms with Crippen LogP contribution in [-0.4, -0.2) is 0 Å². The van der Waals surface area contributed by atoms with Crippen LogP contribution in [0.25, 0.3) is 0 Å². The molecule has 0 saturated heterocycles. The van der Waals surface area contributed by atoms with E-state index in [0.717, 1.165) is 8.95 Å². The van der Waals surface area contributed by atoms with E-state index in [9.17, 15) is 0 Å². The molecule has 0 bridgehead atoms. The van der Waals surface area contributed by atoms with E-state index in [2.05, 4.69) is 106 Å². The van der Waals surface area contributed by atoms with Crippen LogP contribution in [0.1, 0.15) is 44.0 Å². The minimum Gasteiger partial charge on any atom is -0.303 e. The van der Waals surface area contributed by atoms with Crippen molar-refractivity contribution >= 4 is 31.9 Å². The van der Waals surface area contributed by atoms with E-state index in [1.54, 1.807) is 0 Å². The van der Waals surface area contributed by atoms with E-state index in [4.69, 9.17) is 0 Å². The molecule has 112 valence electrons. The summed E-state index contributed by atoms with van der Waals surface area (Å²) in [5.74, 6) is 0.532. The van der Waals surface area contributed by atoms with Crippen LogP contribution in [0, 0.1) is 5.92 Å². The highest BCUT2D eigenvalue weighted by atomic mass is 79.9. The Kier molecular flexibility index (Phi) is 6.03. The number of hydrogen-bond donors (Lipinski definition) is 1. The molecule has 0 spiro atoms. The molecule has 1 nitrogen and oxygen atoms in total. The van der Waals surface area contributed by atoms with Crippen molar-refractivity contribution in [2.75, 3.05) is 0 Å². The molecule has 0 amide bonds. The molecule has 0 heterocycles. The van der Waals surface area contributed by atoms with Crippen molar-refractivity contribution in [2.45, 2.75) is 32.9 Å². The average Bonchev–Trinajstić information content (AvgIpc) is 2.45. The first kappa shape index (κ1) is 16.7. The number of benzene rings is 2. The first-order chi connectivity index (χ1) is 9.99. The van der Waals surface area contributed by atoms with Crippen molar-refractivity contribution in [1.29, 1.82) is 0 Å². The number of nitrogens with one attached hydrogen (secondary N) is 1. The van der Waals surface area contributed by atoms with Crippen LogP contribution in [0.2, 0.25) is 0 Å². The molecule has 1 N–H and O–H groups in total. The largest absolute Gasteiger partial charge is 0.303 e. The molecule has 0 aliphatic carbocycles. The summed E-state index contributed by atoms with van der Waals surface area (Å²) in [6.45, 7) is 6.73. The lowest BCUT2D eigenvalue weighted by Gasteiger charge is -2.28. The third kappa shape index (κ3) is 4.41. The van der Waals surface area contributed by atoms with E-state index >= 15 is 0 Å². The number of rotatable bonds is 5. The van der Waals surface area contributed by atoms with Gasteiger partial charge in [-0.15, -0.1) is 0 Å². The van der Waals surface area contributed by atoms with Crippen molar-refractivity contribution in [1.82, 2.24) is 5.32 Å². The van der Waals surface area contributed by atoms with Crippen molar-refractivity contribution in [3.63, 3.8) is 0 Å². The molecule has 2 rings (SSSR count). The lowest BCUT2D eigenvalue weighted by atomic mass is 9.94. The van der Waals surface area contributed by atoms with E-state index in [1.807, 2.05) is 0 Å². The quantitative estimate of drug-likeness (QED) is 0.613. The smallest absolute Gasteiger partial charge is 0.0348 e. The molecule has 0 aliphatic heterocycles. The SMILES string of the molecule is CC(NC(c1ccccc1)C(C)C)c1ccc(Br)cc1Br. The Balaban J connectivity index is 2.21. The predicted molar refractivity (Wildman–Crippen MR) is 97.4 cm³/mol. The fraction of sp³-hybridized carbons (Fsp3) is 0.333. The summed E-state index contributed by atoms with van der Waals surface area (Å²) < 4.78 is 2.22. The zero-order valence-corrected chi connectivity index (χ0v) is 15.8. The summed E-state index contributed by atoms with van der Waals surface area (Å²) in [4.78, 5) is 0. The summed E-state index contributed by atoms with van der Waals surface area (Å²) >= 11 is 7.17. The van der Waals surface area contributed by atoms with Crippen LogP contribution in [0.5, 0.6) is 0 Å². The van der Waals surface area contributed by atoms with Gasteiger partial charge in [0, 0.05) is 21.0 Å². The first-order valence-electron chi connectivity index (χ1n) is 7.25. The minimum atomic E-state index is 0.278. The van der Waals surface area contributed by atoms with Gasteiger partial charge in [-0.1, -0.05) is 82.1 Å². The summed E-state index contributed by atoms with van der Waals surface area (Å²) in [6.07, 6.45) is 0. The van der Waals surface area contributed by atoms with E-state index in [0.29, 0.717) is 12.0 Å². The van der Waals surface area contributed by atoms with Gasteiger partial charge < -0.3 is 5.32 Å². The van der Waals surface area contributed by atoms with Gasteiger partial charge in [-0.3, -0.25) is 0 Å². The van der Waals surface area contributed by atoms with Gasteiger partial charge in [0.25, 0.3) is 0 Å². The molecular weight excluding hydrogens is 390 g/mol. The van der Waals surface area contributed by atoms with Gasteiger partial charge in [0.2, 0.25) is 0 Å². The summed E-state index contributed by atoms with van der Waals surface area (Å²) in [5, 5.41) is 3.76. The highest BCUT2D eigenvalue weighted by Crippen LogP contribution is 2.30. The second-order valence-corrected chi connectivity index (χ2v) is 7.46. The highest BCUT2D eigenvalue weighted by molar-refractivity contribution is 9.11. The summed E-state index contributed by atoms with van der Waals surface area (Å²) in [5.41, 5.74) is 2.62. The minimum absolute atomic E-state index is 0.278. The zero-order chi connectivity index (χ0) is 15.4. The van der Waals surface area contributed by atoms with Crippen LogP contribution in [0.3, 0.4) is 0 Å². The van der Waals surface area contributed by atoms with Gasteiger partial charge in [-0.25, -0.2) is 0 Å². The summed E-state index contributed by atoms with van der Waals surface area (Å²) in [6, 6.07) is 17.6. The third-order valence-corrected chi connectivity index (χ3v) is 4.86. The average molecular weight is 411 g/mol. The Morgan fingerprint density at radius 3 is 2.14 bits per heavy atom. The van der Waals surface area contributed by atoms with Gasteiger partial charge in [0.15, 0.2) is 0 Å². The maximum atomic E-state index is 3.76. The van der Waals surface area contributed by atoms with E-state index < -0.39 is 0 Å². The molecule has 2 aromatic carbocycles. The van der Waals surface area contributed by atoms with Gasteiger partial charge >= 0.3 is 0 Å². The van der Waals surface area contributed by atoms with Crippen molar-refractivity contribution in [3.8, 4) is 0 Å².